The van der Waals surface area contributed by atoms with Crippen molar-refractivity contribution in [2.24, 2.45) is 0 Å². The molecular weight excluding hydrogens is 258 g/mol. The molecule has 4 nitrogen and oxygen atoms in total. The molecular formula is C14H23N3OS. The van der Waals surface area contributed by atoms with Crippen LogP contribution in [0, 0.1) is 11.3 Å². The Morgan fingerprint density at radius 2 is 2.11 bits per heavy atom. The second-order valence-corrected chi connectivity index (χ2v) is 7.16. The van der Waals surface area contributed by atoms with E-state index >= 15 is 0 Å². The van der Waals surface area contributed by atoms with Gasteiger partial charge in [0.2, 0.25) is 5.91 Å². The molecule has 0 aromatic carbocycles. The maximum absolute atomic E-state index is 12.6. The van der Waals surface area contributed by atoms with E-state index in [0.29, 0.717) is 5.91 Å². The van der Waals surface area contributed by atoms with Gasteiger partial charge in [-0.3, -0.25) is 9.69 Å². The van der Waals surface area contributed by atoms with Crippen LogP contribution in [0.25, 0.3) is 0 Å². The molecule has 19 heavy (non-hydrogen) atoms. The van der Waals surface area contributed by atoms with E-state index in [9.17, 15) is 4.79 Å². The number of nitriles is 1. The highest BCUT2D eigenvalue weighted by atomic mass is 32.2. The number of hydrogen-bond donors (Lipinski definition) is 0. The smallest absolute Gasteiger partial charge is 0.238 e. The van der Waals surface area contributed by atoms with Crippen LogP contribution in [-0.2, 0) is 4.79 Å². The molecule has 0 aromatic rings. The summed E-state index contributed by atoms with van der Waals surface area (Å²) in [6.45, 7) is 7.34. The lowest BCUT2D eigenvalue weighted by atomic mass is 10.0. The summed E-state index contributed by atoms with van der Waals surface area (Å²) in [4.78, 5) is 16.8. The van der Waals surface area contributed by atoms with Crippen molar-refractivity contribution in [2.45, 2.75) is 43.9 Å². The van der Waals surface area contributed by atoms with Crippen molar-refractivity contribution in [3.63, 3.8) is 0 Å². The quantitative estimate of drug-likeness (QED) is 0.790. The average Bonchev–Trinajstić information content (AvgIpc) is 2.88. The number of nitrogens with zero attached hydrogens (tertiary/aromatic N) is 3. The van der Waals surface area contributed by atoms with Crippen LogP contribution in [0.3, 0.4) is 0 Å². The summed E-state index contributed by atoms with van der Waals surface area (Å²) >= 11 is 1.81. The van der Waals surface area contributed by atoms with E-state index in [1.165, 1.54) is 0 Å². The van der Waals surface area contributed by atoms with Crippen LogP contribution in [0.15, 0.2) is 0 Å². The van der Waals surface area contributed by atoms with E-state index in [2.05, 4.69) is 17.9 Å². The summed E-state index contributed by atoms with van der Waals surface area (Å²) in [6.07, 6.45) is 3.02. The highest BCUT2D eigenvalue weighted by Crippen LogP contribution is 2.39. The molecule has 106 valence electrons. The Morgan fingerprint density at radius 3 is 2.58 bits per heavy atom. The molecule has 2 saturated heterocycles. The molecule has 2 heterocycles. The Balaban J connectivity index is 1.90. The van der Waals surface area contributed by atoms with Gasteiger partial charge in [-0.1, -0.05) is 6.92 Å². The molecule has 0 saturated carbocycles. The molecule has 2 rings (SSSR count). The zero-order chi connectivity index (χ0) is 13.9. The Morgan fingerprint density at radius 1 is 1.42 bits per heavy atom. The van der Waals surface area contributed by atoms with Gasteiger partial charge in [0.15, 0.2) is 0 Å². The Bertz CT molecular complexity index is 365. The Kier molecular flexibility index (Phi) is 4.75. The van der Waals surface area contributed by atoms with Gasteiger partial charge >= 0.3 is 0 Å². The molecule has 0 N–H and O–H groups in total. The molecule has 0 radical (unpaired) electrons. The van der Waals surface area contributed by atoms with Gasteiger partial charge in [-0.2, -0.15) is 5.26 Å². The molecule has 2 aliphatic heterocycles. The topological polar surface area (TPSA) is 47.3 Å². The summed E-state index contributed by atoms with van der Waals surface area (Å²) in [7, 11) is 0. The van der Waals surface area contributed by atoms with Gasteiger partial charge in [-0.15, -0.1) is 11.8 Å². The van der Waals surface area contributed by atoms with E-state index < -0.39 is 0 Å². The second kappa shape index (κ2) is 6.15. The van der Waals surface area contributed by atoms with Crippen LogP contribution in [0.2, 0.25) is 0 Å². The van der Waals surface area contributed by atoms with Crippen LogP contribution in [-0.4, -0.2) is 58.4 Å². The fourth-order valence-corrected chi connectivity index (χ4v) is 4.23. The van der Waals surface area contributed by atoms with E-state index in [-0.39, 0.29) is 10.8 Å². The first-order valence-electron chi connectivity index (χ1n) is 7.17. The monoisotopic (exact) mass is 281 g/mol. The maximum atomic E-state index is 12.6. The van der Waals surface area contributed by atoms with Crippen LogP contribution in [0.1, 0.15) is 33.1 Å². The number of thioether (sulfide) groups is 1. The van der Waals surface area contributed by atoms with Crippen LogP contribution in [0.5, 0.6) is 0 Å². The highest BCUT2D eigenvalue weighted by molar-refractivity contribution is 8.01. The molecule has 0 aliphatic carbocycles. The largest absolute Gasteiger partial charge is 0.339 e. The van der Waals surface area contributed by atoms with Crippen molar-refractivity contribution in [2.75, 3.05) is 31.9 Å². The fraction of sp³-hybridized carbons (Fsp3) is 0.857. The van der Waals surface area contributed by atoms with Gasteiger partial charge in [0, 0.05) is 26.2 Å². The van der Waals surface area contributed by atoms with Crippen molar-refractivity contribution in [3.8, 4) is 6.07 Å². The minimum atomic E-state index is -0.193. The number of amides is 1. The molecule has 2 fully saturated rings. The minimum absolute atomic E-state index is 0.00805. The normalized spacial score (nSPS) is 30.1. The summed E-state index contributed by atoms with van der Waals surface area (Å²) in [5.41, 5.74) is 0. The number of hydrogen-bond acceptors (Lipinski definition) is 4. The summed E-state index contributed by atoms with van der Waals surface area (Å²) in [5, 5.41) is 9.09. The molecule has 0 aromatic heterocycles. The third-order valence-electron chi connectivity index (χ3n) is 4.25. The molecule has 0 bridgehead atoms. The van der Waals surface area contributed by atoms with E-state index in [1.807, 2.05) is 11.8 Å². The highest BCUT2D eigenvalue weighted by Gasteiger charge is 2.40. The summed E-state index contributed by atoms with van der Waals surface area (Å²) in [6, 6.07) is 2.35. The van der Waals surface area contributed by atoms with Crippen molar-refractivity contribution in [3.05, 3.63) is 0 Å². The molecule has 5 heteroatoms. The fourth-order valence-electron chi connectivity index (χ4n) is 2.95. The first-order valence-corrected chi connectivity index (χ1v) is 8.16. The van der Waals surface area contributed by atoms with Gasteiger partial charge in [0.25, 0.3) is 0 Å². The van der Waals surface area contributed by atoms with Gasteiger partial charge in [0.1, 0.15) is 0 Å². The third-order valence-corrected chi connectivity index (χ3v) is 5.76. The predicted molar refractivity (Wildman–Crippen MR) is 77.9 cm³/mol. The van der Waals surface area contributed by atoms with Gasteiger partial charge in [0.05, 0.1) is 16.9 Å². The third kappa shape index (κ3) is 3.06. The predicted octanol–water partition coefficient (Wildman–Crippen LogP) is 1.72. The first kappa shape index (κ1) is 14.7. The van der Waals surface area contributed by atoms with Crippen molar-refractivity contribution in [1.29, 1.82) is 5.26 Å². The zero-order valence-corrected chi connectivity index (χ0v) is 12.7. The van der Waals surface area contributed by atoms with Crippen LogP contribution in [0.4, 0.5) is 0 Å². The minimum Gasteiger partial charge on any atom is -0.339 e. The number of carbonyl (C=O) groups excluding carboxylic acids is 1. The molecule has 2 atom stereocenters. The van der Waals surface area contributed by atoms with Crippen molar-refractivity contribution < 1.29 is 4.79 Å². The standard InChI is InChI=1S/C14H23N3OS/c1-3-12(11-15)16-6-8-17(9-7-16)13(18)14(2)5-4-10-19-14/h12H,3-10H2,1-2H3. The number of carbonyl (C=O) groups is 1. The van der Waals surface area contributed by atoms with Gasteiger partial charge in [-0.25, -0.2) is 0 Å². The summed E-state index contributed by atoms with van der Waals surface area (Å²) < 4.78 is -0.193. The van der Waals surface area contributed by atoms with Crippen molar-refractivity contribution in [1.82, 2.24) is 9.80 Å². The average molecular weight is 281 g/mol. The van der Waals surface area contributed by atoms with E-state index in [4.69, 9.17) is 5.26 Å². The molecule has 2 aliphatic rings. The van der Waals surface area contributed by atoms with Gasteiger partial charge in [-0.05, 0) is 31.9 Å². The zero-order valence-electron chi connectivity index (χ0n) is 11.9. The lowest BCUT2D eigenvalue weighted by Crippen LogP contribution is -2.55. The van der Waals surface area contributed by atoms with Crippen molar-refractivity contribution >= 4 is 17.7 Å². The number of rotatable bonds is 3. The molecule has 1 amide bonds. The lowest BCUT2D eigenvalue weighted by Gasteiger charge is -2.39. The first-order chi connectivity index (χ1) is 9.10. The SMILES string of the molecule is CCC(C#N)N1CCN(C(=O)C2(C)CCCS2)CC1. The maximum Gasteiger partial charge on any atom is 0.238 e. The van der Waals surface area contributed by atoms with E-state index in [1.54, 1.807) is 11.8 Å². The Hall–Kier alpha value is -0.730. The molecule has 0 spiro atoms. The van der Waals surface area contributed by atoms with Gasteiger partial charge < -0.3 is 4.90 Å². The van der Waals surface area contributed by atoms with Crippen LogP contribution < -0.4 is 0 Å². The second-order valence-electron chi connectivity index (χ2n) is 5.56. The van der Waals surface area contributed by atoms with Crippen LogP contribution >= 0.6 is 11.8 Å². The Labute approximate surface area is 120 Å². The molecule has 2 unspecified atom stereocenters. The summed E-state index contributed by atoms with van der Waals surface area (Å²) in [5.74, 6) is 1.41. The number of piperazine rings is 1. The lowest BCUT2D eigenvalue weighted by molar-refractivity contribution is -0.135. The van der Waals surface area contributed by atoms with E-state index in [0.717, 1.165) is 51.2 Å².